The van der Waals surface area contributed by atoms with Crippen molar-refractivity contribution in [1.82, 2.24) is 4.98 Å². The summed E-state index contributed by atoms with van der Waals surface area (Å²) in [5.41, 5.74) is 1.35. The second kappa shape index (κ2) is 6.04. The third kappa shape index (κ3) is 3.05. The number of halogens is 1. The number of thiazole rings is 1. The Kier molecular flexibility index (Phi) is 4.39. The molecule has 6 heteroatoms. The molecule has 0 saturated carbocycles. The van der Waals surface area contributed by atoms with Gasteiger partial charge in [0, 0.05) is 24.2 Å². The van der Waals surface area contributed by atoms with E-state index >= 15 is 0 Å². The van der Waals surface area contributed by atoms with Gasteiger partial charge in [0.25, 0.3) is 0 Å². The number of hydrogen-bond donors (Lipinski definition) is 0. The highest BCUT2D eigenvalue weighted by molar-refractivity contribution is 7.14. The van der Waals surface area contributed by atoms with Crippen LogP contribution in [-0.4, -0.2) is 30.8 Å². The topological polar surface area (TPSA) is 42.4 Å². The molecule has 1 heterocycles. The fraction of sp³-hybridized carbons (Fsp3) is 0.231. The van der Waals surface area contributed by atoms with E-state index in [1.807, 2.05) is 36.2 Å². The van der Waals surface area contributed by atoms with Gasteiger partial charge in [-0.05, 0) is 12.1 Å². The SMILES string of the molecule is COc1cccc(N(C)c2nc(C(=O)CCl)cs2)c1. The number of benzene rings is 1. The van der Waals surface area contributed by atoms with Crippen molar-refractivity contribution in [3.05, 3.63) is 35.3 Å². The van der Waals surface area contributed by atoms with Gasteiger partial charge < -0.3 is 9.64 Å². The normalized spacial score (nSPS) is 10.3. The van der Waals surface area contributed by atoms with Gasteiger partial charge in [-0.2, -0.15) is 0 Å². The minimum Gasteiger partial charge on any atom is -0.497 e. The molecule has 0 spiro atoms. The summed E-state index contributed by atoms with van der Waals surface area (Å²) >= 11 is 6.92. The van der Waals surface area contributed by atoms with Crippen LogP contribution in [0.25, 0.3) is 0 Å². The van der Waals surface area contributed by atoms with Crippen LogP contribution in [0.15, 0.2) is 29.6 Å². The van der Waals surface area contributed by atoms with Crippen molar-refractivity contribution < 1.29 is 9.53 Å². The van der Waals surface area contributed by atoms with E-state index in [1.54, 1.807) is 12.5 Å². The third-order valence-corrected chi connectivity index (χ3v) is 3.79. The van der Waals surface area contributed by atoms with Crippen molar-refractivity contribution >= 4 is 39.5 Å². The standard InChI is InChI=1S/C13H13ClN2O2S/c1-16(9-4-3-5-10(6-9)18-2)13-15-11(8-19-13)12(17)7-14/h3-6,8H,7H2,1-2H3. The van der Waals surface area contributed by atoms with E-state index in [9.17, 15) is 4.79 Å². The number of nitrogens with zero attached hydrogens (tertiary/aromatic N) is 2. The molecule has 0 bridgehead atoms. The smallest absolute Gasteiger partial charge is 0.196 e. The van der Waals surface area contributed by atoms with Crippen molar-refractivity contribution in [1.29, 1.82) is 0 Å². The quantitative estimate of drug-likeness (QED) is 0.627. The first kappa shape index (κ1) is 13.8. The first-order chi connectivity index (χ1) is 9.15. The number of ketones is 1. The van der Waals surface area contributed by atoms with Gasteiger partial charge in [-0.25, -0.2) is 4.98 Å². The molecule has 19 heavy (non-hydrogen) atoms. The Morgan fingerprint density at radius 3 is 3.00 bits per heavy atom. The maximum atomic E-state index is 11.5. The minimum absolute atomic E-state index is 0.0496. The van der Waals surface area contributed by atoms with Crippen LogP contribution >= 0.6 is 22.9 Å². The van der Waals surface area contributed by atoms with Gasteiger partial charge >= 0.3 is 0 Å². The van der Waals surface area contributed by atoms with Crippen LogP contribution in [-0.2, 0) is 0 Å². The van der Waals surface area contributed by atoms with E-state index in [2.05, 4.69) is 4.98 Å². The monoisotopic (exact) mass is 296 g/mol. The van der Waals surface area contributed by atoms with Gasteiger partial charge in [-0.3, -0.25) is 4.79 Å². The zero-order valence-electron chi connectivity index (χ0n) is 10.6. The summed E-state index contributed by atoms with van der Waals surface area (Å²) in [6.45, 7) is 0. The molecule has 2 aromatic rings. The number of hydrogen-bond acceptors (Lipinski definition) is 5. The molecule has 100 valence electrons. The lowest BCUT2D eigenvalue weighted by molar-refractivity contribution is 0.101. The van der Waals surface area contributed by atoms with Gasteiger partial charge in [0.2, 0.25) is 0 Å². The zero-order chi connectivity index (χ0) is 13.8. The Morgan fingerprint density at radius 2 is 2.32 bits per heavy atom. The molecule has 0 aliphatic carbocycles. The van der Waals surface area contributed by atoms with Crippen LogP contribution in [0.1, 0.15) is 10.5 Å². The fourth-order valence-electron chi connectivity index (χ4n) is 1.54. The summed E-state index contributed by atoms with van der Waals surface area (Å²) in [5.74, 6) is 0.563. The molecule has 0 fully saturated rings. The lowest BCUT2D eigenvalue weighted by atomic mass is 10.3. The summed E-state index contributed by atoms with van der Waals surface area (Å²) in [5, 5.41) is 2.46. The molecule has 0 atom stereocenters. The second-order valence-corrected chi connectivity index (χ2v) is 4.94. The van der Waals surface area contributed by atoms with Crippen LogP contribution in [0.4, 0.5) is 10.8 Å². The van der Waals surface area contributed by atoms with Gasteiger partial charge in [0.05, 0.1) is 13.0 Å². The summed E-state index contributed by atoms with van der Waals surface area (Å²) in [6.07, 6.45) is 0. The molecule has 0 aliphatic heterocycles. The number of carbonyl (C=O) groups is 1. The van der Waals surface area contributed by atoms with Crippen LogP contribution in [0, 0.1) is 0 Å². The average Bonchev–Trinajstić information content (AvgIpc) is 2.95. The number of anilines is 2. The Bertz CT molecular complexity index is 586. The predicted octanol–water partition coefficient (Wildman–Crippen LogP) is 3.34. The number of methoxy groups -OCH3 is 1. The molecule has 0 aliphatic rings. The highest BCUT2D eigenvalue weighted by atomic mass is 35.5. The summed E-state index contributed by atoms with van der Waals surface area (Å²) < 4.78 is 5.19. The number of ether oxygens (including phenoxy) is 1. The van der Waals surface area contributed by atoms with E-state index in [0.29, 0.717) is 5.69 Å². The third-order valence-electron chi connectivity index (χ3n) is 2.63. The predicted molar refractivity (Wildman–Crippen MR) is 78.2 cm³/mol. The average molecular weight is 297 g/mol. The van der Waals surface area contributed by atoms with Gasteiger partial charge in [-0.1, -0.05) is 6.07 Å². The second-order valence-electron chi connectivity index (χ2n) is 3.83. The van der Waals surface area contributed by atoms with Crippen molar-refractivity contribution in [3.63, 3.8) is 0 Å². The highest BCUT2D eigenvalue weighted by Gasteiger charge is 2.13. The summed E-state index contributed by atoms with van der Waals surface area (Å²) in [6, 6.07) is 7.64. The Balaban J connectivity index is 2.25. The van der Waals surface area contributed by atoms with Gasteiger partial charge in [-0.15, -0.1) is 22.9 Å². The maximum Gasteiger partial charge on any atom is 0.196 e. The number of rotatable bonds is 5. The van der Waals surface area contributed by atoms with Crippen molar-refractivity contribution in [3.8, 4) is 5.75 Å². The Hall–Kier alpha value is -1.59. The number of carbonyl (C=O) groups excluding carboxylic acids is 1. The first-order valence-electron chi connectivity index (χ1n) is 5.58. The minimum atomic E-state index is -0.164. The number of alkyl halides is 1. The zero-order valence-corrected chi connectivity index (χ0v) is 12.2. The maximum absolute atomic E-state index is 11.5. The lowest BCUT2D eigenvalue weighted by Crippen LogP contribution is -2.10. The highest BCUT2D eigenvalue weighted by Crippen LogP contribution is 2.29. The van der Waals surface area contributed by atoms with E-state index in [4.69, 9.17) is 16.3 Å². The molecule has 1 aromatic carbocycles. The van der Waals surface area contributed by atoms with Crippen molar-refractivity contribution in [2.24, 2.45) is 0 Å². The molecular formula is C13H13ClN2O2S. The lowest BCUT2D eigenvalue weighted by Gasteiger charge is -2.16. The molecule has 0 radical (unpaired) electrons. The van der Waals surface area contributed by atoms with Crippen LogP contribution in [0.5, 0.6) is 5.75 Å². The number of Topliss-reactive ketones (excluding diaryl/α,β-unsaturated/α-hetero) is 1. The Morgan fingerprint density at radius 1 is 1.53 bits per heavy atom. The molecule has 0 saturated heterocycles. The van der Waals surface area contributed by atoms with E-state index in [0.717, 1.165) is 16.6 Å². The molecular weight excluding hydrogens is 284 g/mol. The Labute approximate surface area is 120 Å². The van der Waals surface area contributed by atoms with E-state index in [1.165, 1.54) is 11.3 Å². The molecule has 2 rings (SSSR count). The summed E-state index contributed by atoms with van der Waals surface area (Å²) in [7, 11) is 3.52. The molecule has 0 unspecified atom stereocenters. The van der Waals surface area contributed by atoms with E-state index < -0.39 is 0 Å². The van der Waals surface area contributed by atoms with Crippen LogP contribution in [0.3, 0.4) is 0 Å². The van der Waals surface area contributed by atoms with Crippen LogP contribution < -0.4 is 9.64 Å². The van der Waals surface area contributed by atoms with Gasteiger partial charge in [0.15, 0.2) is 10.9 Å². The first-order valence-corrected chi connectivity index (χ1v) is 6.99. The van der Waals surface area contributed by atoms with Crippen LogP contribution in [0.2, 0.25) is 0 Å². The van der Waals surface area contributed by atoms with Gasteiger partial charge in [0.1, 0.15) is 11.4 Å². The molecule has 1 aromatic heterocycles. The van der Waals surface area contributed by atoms with E-state index in [-0.39, 0.29) is 11.7 Å². The fourth-order valence-corrected chi connectivity index (χ4v) is 2.50. The molecule has 4 nitrogen and oxygen atoms in total. The summed E-state index contributed by atoms with van der Waals surface area (Å²) in [4.78, 5) is 17.6. The van der Waals surface area contributed by atoms with Crippen molar-refractivity contribution in [2.45, 2.75) is 0 Å². The van der Waals surface area contributed by atoms with Crippen molar-refractivity contribution in [2.75, 3.05) is 24.9 Å². The molecule has 0 N–H and O–H groups in total. The molecule has 0 amide bonds. The largest absolute Gasteiger partial charge is 0.497 e. The number of aromatic nitrogens is 1.